The van der Waals surface area contributed by atoms with Crippen molar-refractivity contribution in [2.75, 3.05) is 26.7 Å². The molecule has 4 nitrogen and oxygen atoms in total. The molecule has 2 N–H and O–H groups in total. The van der Waals surface area contributed by atoms with Crippen LogP contribution in [0.4, 0.5) is 0 Å². The standard InChI is InChI=1S/C15H30N2O2/c1-11-5-6-17(9-14(11)18-4)15(10-16)7-12(2)19-13(3)8-15/h11-14H,5-10,16H2,1-4H3. The first-order valence-electron chi connectivity index (χ1n) is 7.64. The van der Waals surface area contributed by atoms with Crippen molar-refractivity contribution in [2.24, 2.45) is 11.7 Å². The van der Waals surface area contributed by atoms with Crippen molar-refractivity contribution in [1.29, 1.82) is 0 Å². The summed E-state index contributed by atoms with van der Waals surface area (Å²) >= 11 is 0. The van der Waals surface area contributed by atoms with Gasteiger partial charge in [-0.15, -0.1) is 0 Å². The average Bonchev–Trinajstić information content (AvgIpc) is 2.37. The summed E-state index contributed by atoms with van der Waals surface area (Å²) in [5.74, 6) is 0.644. The van der Waals surface area contributed by atoms with Crippen LogP contribution in [0.25, 0.3) is 0 Å². The summed E-state index contributed by atoms with van der Waals surface area (Å²) in [6.45, 7) is 9.48. The van der Waals surface area contributed by atoms with Crippen LogP contribution in [0.3, 0.4) is 0 Å². The van der Waals surface area contributed by atoms with Gasteiger partial charge in [-0.05, 0) is 45.6 Å². The van der Waals surface area contributed by atoms with E-state index in [9.17, 15) is 0 Å². The highest BCUT2D eigenvalue weighted by atomic mass is 16.5. The van der Waals surface area contributed by atoms with Crippen LogP contribution in [0.2, 0.25) is 0 Å². The average molecular weight is 270 g/mol. The molecule has 0 spiro atoms. The van der Waals surface area contributed by atoms with Gasteiger partial charge in [0.25, 0.3) is 0 Å². The molecule has 2 aliphatic rings. The van der Waals surface area contributed by atoms with Crippen LogP contribution in [-0.4, -0.2) is 55.5 Å². The second-order valence-electron chi connectivity index (χ2n) is 6.58. The van der Waals surface area contributed by atoms with Crippen LogP contribution in [0, 0.1) is 5.92 Å². The number of nitrogens with two attached hydrogens (primary N) is 1. The Kier molecular flexibility index (Phi) is 4.88. The second-order valence-corrected chi connectivity index (χ2v) is 6.58. The van der Waals surface area contributed by atoms with E-state index in [0.717, 1.165) is 32.5 Å². The molecule has 4 heteroatoms. The molecule has 2 rings (SSSR count). The van der Waals surface area contributed by atoms with E-state index in [-0.39, 0.29) is 5.54 Å². The Hall–Kier alpha value is -0.160. The number of hydrogen-bond donors (Lipinski definition) is 1. The van der Waals surface area contributed by atoms with Gasteiger partial charge >= 0.3 is 0 Å². The summed E-state index contributed by atoms with van der Waals surface area (Å²) in [4.78, 5) is 2.58. The molecule has 4 atom stereocenters. The highest BCUT2D eigenvalue weighted by molar-refractivity contribution is 5.00. The zero-order valence-corrected chi connectivity index (χ0v) is 12.9. The van der Waals surface area contributed by atoms with Crippen molar-refractivity contribution >= 4 is 0 Å². The SMILES string of the molecule is COC1CN(C2(CN)CC(C)OC(C)C2)CCC1C. The lowest BCUT2D eigenvalue weighted by atomic mass is 9.80. The molecule has 0 aromatic rings. The highest BCUT2D eigenvalue weighted by Crippen LogP contribution is 2.36. The lowest BCUT2D eigenvalue weighted by Crippen LogP contribution is -2.63. The number of likely N-dealkylation sites (tertiary alicyclic amines) is 1. The summed E-state index contributed by atoms with van der Waals surface area (Å²) < 4.78 is 11.5. The van der Waals surface area contributed by atoms with E-state index in [0.29, 0.717) is 24.2 Å². The van der Waals surface area contributed by atoms with Crippen molar-refractivity contribution in [1.82, 2.24) is 4.90 Å². The fraction of sp³-hybridized carbons (Fsp3) is 1.00. The first kappa shape index (κ1) is 15.2. The first-order chi connectivity index (χ1) is 9.00. The first-order valence-corrected chi connectivity index (χ1v) is 7.64. The molecule has 0 aromatic heterocycles. The van der Waals surface area contributed by atoms with Crippen LogP contribution in [0.1, 0.15) is 40.0 Å². The predicted octanol–water partition coefficient (Wildman–Crippen LogP) is 1.63. The van der Waals surface area contributed by atoms with E-state index in [1.807, 2.05) is 7.11 Å². The summed E-state index contributed by atoms with van der Waals surface area (Å²) in [5.41, 5.74) is 6.28. The minimum Gasteiger partial charge on any atom is -0.380 e. The Labute approximate surface area is 117 Å². The minimum absolute atomic E-state index is 0.105. The van der Waals surface area contributed by atoms with Crippen molar-refractivity contribution in [3.8, 4) is 0 Å². The van der Waals surface area contributed by atoms with E-state index >= 15 is 0 Å². The fourth-order valence-corrected chi connectivity index (χ4v) is 3.97. The van der Waals surface area contributed by atoms with Gasteiger partial charge in [0.2, 0.25) is 0 Å². The molecule has 112 valence electrons. The number of methoxy groups -OCH3 is 1. The largest absolute Gasteiger partial charge is 0.380 e. The molecular formula is C15H30N2O2. The molecule has 0 saturated carbocycles. The van der Waals surface area contributed by atoms with Crippen LogP contribution in [0.5, 0.6) is 0 Å². The quantitative estimate of drug-likeness (QED) is 0.847. The van der Waals surface area contributed by atoms with Crippen LogP contribution >= 0.6 is 0 Å². The number of rotatable bonds is 3. The Morgan fingerprint density at radius 3 is 2.42 bits per heavy atom. The molecule has 0 aliphatic carbocycles. The zero-order valence-electron chi connectivity index (χ0n) is 12.9. The fourth-order valence-electron chi connectivity index (χ4n) is 3.97. The molecule has 2 aliphatic heterocycles. The van der Waals surface area contributed by atoms with Gasteiger partial charge in [0.05, 0.1) is 18.3 Å². The third-order valence-electron chi connectivity index (χ3n) is 5.04. The summed E-state index contributed by atoms with van der Waals surface area (Å²) in [7, 11) is 1.83. The molecule has 19 heavy (non-hydrogen) atoms. The lowest BCUT2D eigenvalue weighted by molar-refractivity contribution is -0.125. The molecule has 0 amide bonds. The molecule has 2 fully saturated rings. The van der Waals surface area contributed by atoms with Gasteiger partial charge in [-0.2, -0.15) is 0 Å². The molecule has 2 saturated heterocycles. The molecule has 4 unspecified atom stereocenters. The van der Waals surface area contributed by atoms with Crippen LogP contribution in [0.15, 0.2) is 0 Å². The normalized spacial score (nSPS) is 45.3. The Morgan fingerprint density at radius 2 is 1.89 bits per heavy atom. The Morgan fingerprint density at radius 1 is 1.26 bits per heavy atom. The maximum Gasteiger partial charge on any atom is 0.0724 e. The molecular weight excluding hydrogens is 240 g/mol. The van der Waals surface area contributed by atoms with Gasteiger partial charge in [0.1, 0.15) is 0 Å². The topological polar surface area (TPSA) is 47.7 Å². The van der Waals surface area contributed by atoms with E-state index in [2.05, 4.69) is 25.7 Å². The Balaban J connectivity index is 2.12. The van der Waals surface area contributed by atoms with Crippen molar-refractivity contribution in [2.45, 2.75) is 63.9 Å². The van der Waals surface area contributed by atoms with Crippen molar-refractivity contribution < 1.29 is 9.47 Å². The highest BCUT2D eigenvalue weighted by Gasteiger charge is 2.44. The monoisotopic (exact) mass is 270 g/mol. The van der Waals surface area contributed by atoms with Gasteiger partial charge in [-0.25, -0.2) is 0 Å². The maximum absolute atomic E-state index is 6.18. The third kappa shape index (κ3) is 3.13. The maximum atomic E-state index is 6.18. The smallest absolute Gasteiger partial charge is 0.0724 e. The van der Waals surface area contributed by atoms with E-state index in [4.69, 9.17) is 15.2 Å². The van der Waals surface area contributed by atoms with Gasteiger partial charge in [-0.1, -0.05) is 6.92 Å². The minimum atomic E-state index is 0.105. The zero-order chi connectivity index (χ0) is 14.0. The molecule has 0 aromatic carbocycles. The third-order valence-corrected chi connectivity index (χ3v) is 5.04. The van der Waals surface area contributed by atoms with Crippen LogP contribution in [-0.2, 0) is 9.47 Å². The van der Waals surface area contributed by atoms with Crippen molar-refractivity contribution in [3.63, 3.8) is 0 Å². The second kappa shape index (κ2) is 6.08. The van der Waals surface area contributed by atoms with E-state index in [1.165, 1.54) is 6.42 Å². The summed E-state index contributed by atoms with van der Waals surface area (Å²) in [6, 6.07) is 0. The lowest BCUT2D eigenvalue weighted by Gasteiger charge is -2.52. The number of nitrogens with zero attached hydrogens (tertiary/aromatic N) is 1. The van der Waals surface area contributed by atoms with E-state index < -0.39 is 0 Å². The number of piperidine rings is 1. The van der Waals surface area contributed by atoms with Crippen molar-refractivity contribution in [3.05, 3.63) is 0 Å². The molecule has 0 bridgehead atoms. The van der Waals surface area contributed by atoms with Gasteiger partial charge in [0, 0.05) is 25.7 Å². The van der Waals surface area contributed by atoms with Gasteiger partial charge in [0.15, 0.2) is 0 Å². The van der Waals surface area contributed by atoms with Crippen LogP contribution < -0.4 is 5.73 Å². The molecule has 0 radical (unpaired) electrons. The van der Waals surface area contributed by atoms with Gasteiger partial charge in [-0.3, -0.25) is 4.90 Å². The predicted molar refractivity (Wildman–Crippen MR) is 77.2 cm³/mol. The Bertz CT molecular complexity index is 288. The van der Waals surface area contributed by atoms with Gasteiger partial charge < -0.3 is 15.2 Å². The number of hydrogen-bond acceptors (Lipinski definition) is 4. The number of ether oxygens (including phenoxy) is 2. The molecule has 2 heterocycles. The van der Waals surface area contributed by atoms with E-state index in [1.54, 1.807) is 0 Å². The summed E-state index contributed by atoms with van der Waals surface area (Å²) in [6.07, 6.45) is 4.21. The summed E-state index contributed by atoms with van der Waals surface area (Å²) in [5, 5.41) is 0.